The Morgan fingerprint density at radius 2 is 1.92 bits per heavy atom. The van der Waals surface area contributed by atoms with E-state index in [0.29, 0.717) is 0 Å². The van der Waals surface area contributed by atoms with Crippen LogP contribution in [0.5, 0.6) is 11.5 Å². The highest BCUT2D eigenvalue weighted by Crippen LogP contribution is 2.22. The second kappa shape index (κ2) is 8.58. The third kappa shape index (κ3) is 5.26. The van der Waals surface area contributed by atoms with Gasteiger partial charge in [0, 0.05) is 23.5 Å². The third-order valence-electron chi connectivity index (χ3n) is 3.99. The topological polar surface area (TPSA) is 36.3 Å². The van der Waals surface area contributed by atoms with Gasteiger partial charge in [0.1, 0.15) is 17.6 Å². The van der Waals surface area contributed by atoms with Gasteiger partial charge in [0.05, 0.1) is 20.0 Å². The highest BCUT2D eigenvalue weighted by Gasteiger charge is 2.13. The van der Waals surface area contributed by atoms with Gasteiger partial charge in [-0.15, -0.1) is 0 Å². The van der Waals surface area contributed by atoms with Gasteiger partial charge in [0.25, 0.3) is 0 Å². The van der Waals surface area contributed by atoms with Crippen LogP contribution in [-0.4, -0.2) is 22.8 Å². The van der Waals surface area contributed by atoms with Crippen LogP contribution < -0.4 is 9.47 Å². The number of imidazole rings is 1. The molecular weight excluding hydrogens is 336 g/mol. The largest absolute Gasteiger partial charge is 0.497 e. The molecule has 5 heteroatoms. The minimum Gasteiger partial charge on any atom is -0.497 e. The van der Waals surface area contributed by atoms with Gasteiger partial charge in [-0.1, -0.05) is 29.8 Å². The molecule has 0 N–H and O–H groups in total. The molecule has 130 valence electrons. The lowest BCUT2D eigenvalue weighted by Gasteiger charge is -2.20. The van der Waals surface area contributed by atoms with Crippen LogP contribution in [0.25, 0.3) is 0 Å². The number of hydrogen-bond donors (Lipinski definition) is 0. The predicted octanol–water partition coefficient (Wildman–Crippen LogP) is 4.63. The Morgan fingerprint density at radius 1 is 1.12 bits per heavy atom. The molecule has 1 unspecified atom stereocenters. The Hall–Kier alpha value is -2.46. The van der Waals surface area contributed by atoms with E-state index in [1.54, 1.807) is 13.3 Å². The Kier molecular flexibility index (Phi) is 5.96. The van der Waals surface area contributed by atoms with E-state index < -0.39 is 0 Å². The molecule has 0 bridgehead atoms. The lowest BCUT2D eigenvalue weighted by atomic mass is 10.1. The van der Waals surface area contributed by atoms with E-state index >= 15 is 0 Å². The molecule has 0 aliphatic carbocycles. The molecule has 0 spiro atoms. The monoisotopic (exact) mass is 356 g/mol. The summed E-state index contributed by atoms with van der Waals surface area (Å²) in [5.41, 5.74) is 1.24. The molecule has 0 amide bonds. The maximum Gasteiger partial charge on any atom is 0.123 e. The molecule has 0 radical (unpaired) electrons. The number of halogens is 1. The number of aryl methyl sites for hydroxylation is 1. The summed E-state index contributed by atoms with van der Waals surface area (Å²) in [7, 11) is 1.66. The van der Waals surface area contributed by atoms with Gasteiger partial charge in [-0.2, -0.15) is 0 Å². The van der Waals surface area contributed by atoms with Crippen molar-refractivity contribution in [2.24, 2.45) is 0 Å². The fourth-order valence-electron chi connectivity index (χ4n) is 2.66. The minimum atomic E-state index is 0.0250. The summed E-state index contributed by atoms with van der Waals surface area (Å²) in [6.45, 7) is 0.741. The van der Waals surface area contributed by atoms with Crippen molar-refractivity contribution < 1.29 is 9.47 Å². The molecule has 2 aromatic carbocycles. The predicted molar refractivity (Wildman–Crippen MR) is 99.4 cm³/mol. The number of rotatable bonds is 8. The van der Waals surface area contributed by atoms with E-state index in [1.807, 2.05) is 53.5 Å². The second-order valence-electron chi connectivity index (χ2n) is 5.84. The number of aromatic nitrogens is 2. The number of methoxy groups -OCH3 is 1. The van der Waals surface area contributed by atoms with Crippen molar-refractivity contribution in [3.05, 3.63) is 77.8 Å². The number of benzene rings is 2. The normalized spacial score (nSPS) is 11.9. The Bertz CT molecular complexity index is 773. The SMILES string of the molecule is COc1cccc(OC(CCc2ccc(Cl)cc2)Cn2ccnc2)c1. The fraction of sp³-hybridized carbons (Fsp3) is 0.250. The highest BCUT2D eigenvalue weighted by molar-refractivity contribution is 6.30. The fourth-order valence-corrected chi connectivity index (χ4v) is 2.79. The van der Waals surface area contributed by atoms with E-state index in [0.717, 1.165) is 35.9 Å². The van der Waals surface area contributed by atoms with Crippen molar-refractivity contribution >= 4 is 11.6 Å². The van der Waals surface area contributed by atoms with E-state index in [4.69, 9.17) is 21.1 Å². The Labute approximate surface area is 153 Å². The van der Waals surface area contributed by atoms with Crippen LogP contribution in [0, 0.1) is 0 Å². The number of nitrogens with zero attached hydrogens (tertiary/aromatic N) is 2. The first-order valence-electron chi connectivity index (χ1n) is 8.24. The molecular formula is C20H21ClN2O2. The molecule has 1 heterocycles. The third-order valence-corrected chi connectivity index (χ3v) is 4.24. The Balaban J connectivity index is 1.68. The van der Waals surface area contributed by atoms with Crippen LogP contribution in [0.1, 0.15) is 12.0 Å². The summed E-state index contributed by atoms with van der Waals surface area (Å²) in [5.74, 6) is 1.59. The van der Waals surface area contributed by atoms with Gasteiger partial charge >= 0.3 is 0 Å². The minimum absolute atomic E-state index is 0.0250. The zero-order valence-corrected chi connectivity index (χ0v) is 14.9. The van der Waals surface area contributed by atoms with Gasteiger partial charge < -0.3 is 14.0 Å². The van der Waals surface area contributed by atoms with Crippen molar-refractivity contribution in [2.45, 2.75) is 25.5 Å². The van der Waals surface area contributed by atoms with Crippen molar-refractivity contribution in [3.63, 3.8) is 0 Å². The molecule has 1 aromatic heterocycles. The summed E-state index contributed by atoms with van der Waals surface area (Å²) in [5, 5.41) is 0.756. The van der Waals surface area contributed by atoms with Crippen LogP contribution in [0.4, 0.5) is 0 Å². The van der Waals surface area contributed by atoms with Gasteiger partial charge in [0.2, 0.25) is 0 Å². The maximum absolute atomic E-state index is 6.22. The van der Waals surface area contributed by atoms with Crippen molar-refractivity contribution in [2.75, 3.05) is 7.11 Å². The molecule has 3 rings (SSSR count). The standard InChI is InChI=1S/C20H21ClN2O2/c1-24-18-3-2-4-19(13-18)25-20(14-23-12-11-22-15-23)10-7-16-5-8-17(21)9-6-16/h2-6,8-9,11-13,15,20H,7,10,14H2,1H3. The van der Waals surface area contributed by atoms with E-state index in [2.05, 4.69) is 17.1 Å². The summed E-state index contributed by atoms with van der Waals surface area (Å²) in [6.07, 6.45) is 7.37. The molecule has 4 nitrogen and oxygen atoms in total. The summed E-state index contributed by atoms with van der Waals surface area (Å²) >= 11 is 5.96. The van der Waals surface area contributed by atoms with Crippen molar-refractivity contribution in [1.29, 1.82) is 0 Å². The van der Waals surface area contributed by atoms with Gasteiger partial charge in [-0.25, -0.2) is 4.98 Å². The molecule has 3 aromatic rings. The molecule has 0 saturated carbocycles. The highest BCUT2D eigenvalue weighted by atomic mass is 35.5. The molecule has 0 saturated heterocycles. The molecule has 0 aliphatic heterocycles. The second-order valence-corrected chi connectivity index (χ2v) is 6.28. The molecule has 1 atom stereocenters. The van der Waals surface area contributed by atoms with Gasteiger partial charge in [-0.3, -0.25) is 0 Å². The quantitative estimate of drug-likeness (QED) is 0.590. The van der Waals surface area contributed by atoms with Crippen LogP contribution in [-0.2, 0) is 13.0 Å². The summed E-state index contributed by atoms with van der Waals surface area (Å²) in [4.78, 5) is 4.11. The van der Waals surface area contributed by atoms with Crippen LogP contribution >= 0.6 is 11.6 Å². The average molecular weight is 357 g/mol. The van der Waals surface area contributed by atoms with E-state index in [9.17, 15) is 0 Å². The average Bonchev–Trinajstić information content (AvgIpc) is 3.14. The first-order chi connectivity index (χ1) is 12.2. The Morgan fingerprint density at radius 3 is 2.64 bits per heavy atom. The van der Waals surface area contributed by atoms with Crippen LogP contribution in [0.2, 0.25) is 5.02 Å². The van der Waals surface area contributed by atoms with Crippen molar-refractivity contribution in [1.82, 2.24) is 9.55 Å². The van der Waals surface area contributed by atoms with E-state index in [1.165, 1.54) is 5.56 Å². The number of ether oxygens (including phenoxy) is 2. The smallest absolute Gasteiger partial charge is 0.123 e. The number of hydrogen-bond acceptors (Lipinski definition) is 3. The van der Waals surface area contributed by atoms with Crippen LogP contribution in [0.3, 0.4) is 0 Å². The van der Waals surface area contributed by atoms with Gasteiger partial charge in [0.15, 0.2) is 0 Å². The zero-order chi connectivity index (χ0) is 17.5. The summed E-state index contributed by atoms with van der Waals surface area (Å²) in [6, 6.07) is 15.7. The molecule has 25 heavy (non-hydrogen) atoms. The first-order valence-corrected chi connectivity index (χ1v) is 8.61. The summed E-state index contributed by atoms with van der Waals surface area (Å²) < 4.78 is 13.5. The zero-order valence-electron chi connectivity index (χ0n) is 14.1. The molecule has 0 aliphatic rings. The lowest BCUT2D eigenvalue weighted by Crippen LogP contribution is -2.23. The van der Waals surface area contributed by atoms with Crippen molar-refractivity contribution in [3.8, 4) is 11.5 Å². The first kappa shape index (κ1) is 17.4. The van der Waals surface area contributed by atoms with Crippen LogP contribution in [0.15, 0.2) is 67.3 Å². The lowest BCUT2D eigenvalue weighted by molar-refractivity contribution is 0.170. The maximum atomic E-state index is 6.22. The van der Waals surface area contributed by atoms with E-state index in [-0.39, 0.29) is 6.10 Å². The van der Waals surface area contributed by atoms with Gasteiger partial charge in [-0.05, 0) is 42.7 Å². The molecule has 0 fully saturated rings.